The first-order valence-electron chi connectivity index (χ1n) is 9.08. The zero-order valence-corrected chi connectivity index (χ0v) is 14.2. The van der Waals surface area contributed by atoms with Gasteiger partial charge < -0.3 is 14.6 Å². The number of fused-ring (bicyclic) bond motifs is 1. The molecular weight excluding hydrogens is 302 g/mol. The van der Waals surface area contributed by atoms with Gasteiger partial charge in [0.05, 0.1) is 29.8 Å². The molecule has 5 nitrogen and oxygen atoms in total. The third-order valence-corrected chi connectivity index (χ3v) is 5.04. The van der Waals surface area contributed by atoms with Crippen LogP contribution in [0.5, 0.6) is 0 Å². The lowest BCUT2D eigenvalue weighted by atomic mass is 10.1. The van der Waals surface area contributed by atoms with Crippen molar-refractivity contribution in [3.63, 3.8) is 0 Å². The van der Waals surface area contributed by atoms with Gasteiger partial charge in [0, 0.05) is 12.5 Å². The molecule has 0 bridgehead atoms. The van der Waals surface area contributed by atoms with Crippen LogP contribution in [-0.2, 0) is 16.1 Å². The maximum absolute atomic E-state index is 12.2. The second-order valence-corrected chi connectivity index (χ2v) is 7.08. The molecule has 2 aliphatic rings. The molecule has 1 aliphatic heterocycles. The van der Waals surface area contributed by atoms with Crippen molar-refractivity contribution in [2.24, 2.45) is 0 Å². The van der Waals surface area contributed by atoms with Gasteiger partial charge in [-0.15, -0.1) is 0 Å². The monoisotopic (exact) mass is 327 g/mol. The highest BCUT2D eigenvalue weighted by atomic mass is 16.5. The van der Waals surface area contributed by atoms with Crippen molar-refractivity contribution in [3.05, 3.63) is 30.1 Å². The number of ether oxygens (including phenoxy) is 1. The molecule has 2 aromatic rings. The number of carbonyl (C=O) groups excluding carboxylic acids is 1. The van der Waals surface area contributed by atoms with Crippen molar-refractivity contribution in [2.45, 2.75) is 70.2 Å². The van der Waals surface area contributed by atoms with E-state index in [0.717, 1.165) is 30.6 Å². The predicted octanol–water partition coefficient (Wildman–Crippen LogP) is 3.34. The Morgan fingerprint density at radius 3 is 2.88 bits per heavy atom. The van der Waals surface area contributed by atoms with Gasteiger partial charge in [0.2, 0.25) is 5.91 Å². The molecule has 1 aromatic heterocycles. The Hall–Kier alpha value is -1.88. The summed E-state index contributed by atoms with van der Waals surface area (Å²) >= 11 is 0. The SMILES string of the molecule is C[C@@H]1CC[C@@H](CCC(=O)NCc2nc3ccccc3n2C2CC2)O1. The minimum absolute atomic E-state index is 0.0903. The molecule has 0 spiro atoms. The number of nitrogens with one attached hydrogen (secondary N) is 1. The number of amides is 1. The van der Waals surface area contributed by atoms with E-state index in [1.54, 1.807) is 0 Å². The number of carbonyl (C=O) groups is 1. The second-order valence-electron chi connectivity index (χ2n) is 7.08. The lowest BCUT2D eigenvalue weighted by Gasteiger charge is -2.11. The van der Waals surface area contributed by atoms with E-state index < -0.39 is 0 Å². The standard InChI is InChI=1S/C19H25N3O2/c1-13-6-9-15(24-13)10-11-19(23)20-12-18-21-16-4-2-3-5-17(16)22(18)14-7-8-14/h2-5,13-15H,6-12H2,1H3,(H,20,23)/t13-,15+/m1/s1. The van der Waals surface area contributed by atoms with Crippen LogP contribution in [0.15, 0.2) is 24.3 Å². The maximum Gasteiger partial charge on any atom is 0.220 e. The van der Waals surface area contributed by atoms with Crippen molar-refractivity contribution in [1.82, 2.24) is 14.9 Å². The van der Waals surface area contributed by atoms with Gasteiger partial charge in [-0.3, -0.25) is 4.79 Å². The average molecular weight is 327 g/mol. The molecule has 1 saturated carbocycles. The van der Waals surface area contributed by atoms with Crippen LogP contribution in [0, 0.1) is 0 Å². The summed E-state index contributed by atoms with van der Waals surface area (Å²) < 4.78 is 8.08. The van der Waals surface area contributed by atoms with Crippen molar-refractivity contribution >= 4 is 16.9 Å². The lowest BCUT2D eigenvalue weighted by Crippen LogP contribution is -2.25. The van der Waals surface area contributed by atoms with Crippen molar-refractivity contribution in [1.29, 1.82) is 0 Å². The van der Waals surface area contributed by atoms with Gasteiger partial charge in [-0.25, -0.2) is 4.98 Å². The van der Waals surface area contributed by atoms with E-state index in [4.69, 9.17) is 9.72 Å². The van der Waals surface area contributed by atoms with Crippen molar-refractivity contribution < 1.29 is 9.53 Å². The molecule has 1 aromatic carbocycles. The Balaban J connectivity index is 1.36. The van der Waals surface area contributed by atoms with Crippen LogP contribution in [0.1, 0.15) is 57.3 Å². The number of aromatic nitrogens is 2. The second kappa shape index (κ2) is 6.55. The van der Waals surface area contributed by atoms with Gasteiger partial charge in [0.1, 0.15) is 5.82 Å². The van der Waals surface area contributed by atoms with E-state index in [1.807, 2.05) is 18.2 Å². The van der Waals surface area contributed by atoms with Crippen LogP contribution in [0.2, 0.25) is 0 Å². The predicted molar refractivity (Wildman–Crippen MR) is 92.7 cm³/mol. The van der Waals surface area contributed by atoms with E-state index in [1.165, 1.54) is 18.4 Å². The fraction of sp³-hybridized carbons (Fsp3) is 0.579. The maximum atomic E-state index is 12.2. The molecule has 1 saturated heterocycles. The highest BCUT2D eigenvalue weighted by Gasteiger charge is 2.28. The Labute approximate surface area is 142 Å². The summed E-state index contributed by atoms with van der Waals surface area (Å²) in [5, 5.41) is 3.04. The van der Waals surface area contributed by atoms with Crippen molar-refractivity contribution in [2.75, 3.05) is 0 Å². The molecule has 0 radical (unpaired) electrons. The molecule has 2 atom stereocenters. The van der Waals surface area contributed by atoms with Crippen LogP contribution >= 0.6 is 0 Å². The first-order valence-corrected chi connectivity index (χ1v) is 9.08. The molecule has 5 heteroatoms. The topological polar surface area (TPSA) is 56.2 Å². The molecule has 2 heterocycles. The number of hydrogen-bond donors (Lipinski definition) is 1. The summed E-state index contributed by atoms with van der Waals surface area (Å²) in [6.45, 7) is 2.61. The highest BCUT2D eigenvalue weighted by molar-refractivity contribution is 5.77. The molecule has 128 valence electrons. The highest BCUT2D eigenvalue weighted by Crippen LogP contribution is 2.38. The minimum atomic E-state index is 0.0903. The molecule has 1 aliphatic carbocycles. The number of imidazole rings is 1. The first kappa shape index (κ1) is 15.6. The molecule has 24 heavy (non-hydrogen) atoms. The summed E-state index contributed by atoms with van der Waals surface area (Å²) in [4.78, 5) is 16.9. The fourth-order valence-corrected chi connectivity index (χ4v) is 3.61. The summed E-state index contributed by atoms with van der Waals surface area (Å²) in [5.41, 5.74) is 2.19. The molecule has 0 unspecified atom stereocenters. The summed E-state index contributed by atoms with van der Waals surface area (Å²) in [6, 6.07) is 8.77. The number of benzene rings is 1. The molecule has 1 amide bonds. The van der Waals surface area contributed by atoms with Crippen LogP contribution in [0.4, 0.5) is 0 Å². The Bertz CT molecular complexity index is 735. The number of hydrogen-bond acceptors (Lipinski definition) is 3. The largest absolute Gasteiger partial charge is 0.375 e. The quantitative estimate of drug-likeness (QED) is 0.885. The van der Waals surface area contributed by atoms with Crippen molar-refractivity contribution in [3.8, 4) is 0 Å². The Morgan fingerprint density at radius 2 is 2.12 bits per heavy atom. The van der Waals surface area contributed by atoms with Gasteiger partial charge >= 0.3 is 0 Å². The number of rotatable bonds is 6. The minimum Gasteiger partial charge on any atom is -0.375 e. The van der Waals surface area contributed by atoms with E-state index in [9.17, 15) is 4.79 Å². The van der Waals surface area contributed by atoms with E-state index in [-0.39, 0.29) is 12.0 Å². The molecule has 4 rings (SSSR count). The van der Waals surface area contributed by atoms with E-state index >= 15 is 0 Å². The van der Waals surface area contributed by atoms with E-state index in [2.05, 4.69) is 22.9 Å². The average Bonchev–Trinajstić information content (AvgIpc) is 3.22. The van der Waals surface area contributed by atoms with Gasteiger partial charge in [0.15, 0.2) is 0 Å². The van der Waals surface area contributed by atoms with Crippen LogP contribution in [-0.4, -0.2) is 27.7 Å². The molecular formula is C19H25N3O2. The zero-order valence-electron chi connectivity index (χ0n) is 14.2. The third kappa shape index (κ3) is 3.31. The fourth-order valence-electron chi connectivity index (χ4n) is 3.61. The zero-order chi connectivity index (χ0) is 16.5. The lowest BCUT2D eigenvalue weighted by molar-refractivity contribution is -0.122. The summed E-state index contributed by atoms with van der Waals surface area (Å²) in [6.07, 6.45) is 6.54. The molecule has 2 fully saturated rings. The van der Waals surface area contributed by atoms with E-state index in [0.29, 0.717) is 25.1 Å². The van der Waals surface area contributed by atoms with Gasteiger partial charge in [-0.05, 0) is 51.2 Å². The summed E-state index contributed by atoms with van der Waals surface area (Å²) in [7, 11) is 0. The van der Waals surface area contributed by atoms with Crippen LogP contribution < -0.4 is 5.32 Å². The van der Waals surface area contributed by atoms with Gasteiger partial charge in [-0.2, -0.15) is 0 Å². The van der Waals surface area contributed by atoms with Crippen LogP contribution in [0.3, 0.4) is 0 Å². The number of nitrogens with zero attached hydrogens (tertiary/aromatic N) is 2. The Kier molecular flexibility index (Phi) is 4.27. The Morgan fingerprint density at radius 1 is 1.29 bits per heavy atom. The molecule has 1 N–H and O–H groups in total. The van der Waals surface area contributed by atoms with Crippen LogP contribution in [0.25, 0.3) is 11.0 Å². The smallest absolute Gasteiger partial charge is 0.220 e. The first-order chi connectivity index (χ1) is 11.7. The van der Waals surface area contributed by atoms with Gasteiger partial charge in [0.25, 0.3) is 0 Å². The number of para-hydroxylation sites is 2. The summed E-state index contributed by atoms with van der Waals surface area (Å²) in [5.74, 6) is 1.06. The normalized spacial score (nSPS) is 23.7. The van der Waals surface area contributed by atoms with Gasteiger partial charge in [-0.1, -0.05) is 12.1 Å². The third-order valence-electron chi connectivity index (χ3n) is 5.04.